The molecule has 0 saturated carbocycles. The van der Waals surface area contributed by atoms with Crippen LogP contribution < -0.4 is 10.6 Å². The van der Waals surface area contributed by atoms with Gasteiger partial charge in [0, 0.05) is 18.7 Å². The zero-order valence-corrected chi connectivity index (χ0v) is 30.6. The maximum Gasteiger partial charge on any atom is 0.407 e. The van der Waals surface area contributed by atoms with Crippen molar-refractivity contribution in [3.63, 3.8) is 0 Å². The minimum atomic E-state index is -0.713. The van der Waals surface area contributed by atoms with Crippen LogP contribution in [-0.2, 0) is 19.1 Å². The van der Waals surface area contributed by atoms with Crippen molar-refractivity contribution in [2.45, 2.75) is 77.5 Å². The van der Waals surface area contributed by atoms with E-state index in [4.69, 9.17) is 19.4 Å². The molecule has 14 nitrogen and oxygen atoms in total. The Labute approximate surface area is 303 Å². The van der Waals surface area contributed by atoms with Gasteiger partial charge < -0.3 is 39.9 Å². The third kappa shape index (κ3) is 7.32. The Hall–Kier alpha value is -5.40. The van der Waals surface area contributed by atoms with Crippen LogP contribution in [0.25, 0.3) is 33.4 Å². The molecule has 4 N–H and O–H groups in total. The van der Waals surface area contributed by atoms with Crippen molar-refractivity contribution in [2.75, 3.05) is 27.3 Å². The van der Waals surface area contributed by atoms with Crippen LogP contribution >= 0.6 is 0 Å². The van der Waals surface area contributed by atoms with Gasteiger partial charge in [-0.05, 0) is 66.8 Å². The van der Waals surface area contributed by atoms with Gasteiger partial charge in [-0.25, -0.2) is 19.6 Å². The summed E-state index contributed by atoms with van der Waals surface area (Å²) in [6, 6.07) is 12.3. The summed E-state index contributed by atoms with van der Waals surface area (Å²) in [5, 5.41) is 5.41. The van der Waals surface area contributed by atoms with Crippen molar-refractivity contribution in [3.8, 4) is 22.4 Å². The summed E-state index contributed by atoms with van der Waals surface area (Å²) in [6.45, 7) is 8.74. The van der Waals surface area contributed by atoms with Crippen molar-refractivity contribution in [1.29, 1.82) is 0 Å². The summed E-state index contributed by atoms with van der Waals surface area (Å²) in [4.78, 5) is 71.4. The summed E-state index contributed by atoms with van der Waals surface area (Å²) < 4.78 is 9.55. The van der Waals surface area contributed by atoms with Crippen LogP contribution in [0, 0.1) is 11.8 Å². The van der Waals surface area contributed by atoms with Gasteiger partial charge in [0.25, 0.3) is 0 Å². The number of hydrogen-bond acceptors (Lipinski definition) is 8. The number of aromatic nitrogens is 4. The monoisotopic (exact) mass is 712 g/mol. The Bertz CT molecular complexity index is 1930. The molecule has 2 aliphatic rings. The van der Waals surface area contributed by atoms with Gasteiger partial charge in [-0.3, -0.25) is 9.59 Å². The number of carbonyl (C=O) groups excluding carboxylic acids is 4. The first-order valence-corrected chi connectivity index (χ1v) is 17.9. The number of aromatic amines is 2. The van der Waals surface area contributed by atoms with Gasteiger partial charge in [0.15, 0.2) is 0 Å². The van der Waals surface area contributed by atoms with Gasteiger partial charge in [0.1, 0.15) is 17.9 Å². The molecule has 0 radical (unpaired) electrons. The summed E-state index contributed by atoms with van der Waals surface area (Å²) in [5.41, 5.74) is 6.18. The molecular weight excluding hydrogens is 664 g/mol. The predicted octanol–water partition coefficient (Wildman–Crippen LogP) is 5.71. The van der Waals surface area contributed by atoms with Crippen molar-refractivity contribution in [3.05, 3.63) is 60.3 Å². The highest BCUT2D eigenvalue weighted by Gasteiger charge is 2.39. The molecule has 2 aliphatic heterocycles. The molecule has 52 heavy (non-hydrogen) atoms. The van der Waals surface area contributed by atoms with E-state index in [-0.39, 0.29) is 35.7 Å². The summed E-state index contributed by atoms with van der Waals surface area (Å²) >= 11 is 0. The number of rotatable bonds is 10. The minimum absolute atomic E-state index is 0.119. The Morgan fingerprint density at radius 1 is 0.788 bits per heavy atom. The molecule has 6 rings (SSSR count). The quantitative estimate of drug-likeness (QED) is 0.162. The van der Waals surface area contributed by atoms with E-state index in [9.17, 15) is 19.2 Å². The molecule has 0 unspecified atom stereocenters. The molecule has 4 atom stereocenters. The highest BCUT2D eigenvalue weighted by molar-refractivity contribution is 5.88. The van der Waals surface area contributed by atoms with Gasteiger partial charge >= 0.3 is 12.2 Å². The number of benzene rings is 2. The number of H-pyrrole nitrogens is 2. The second-order valence-corrected chi connectivity index (χ2v) is 14.2. The fourth-order valence-corrected chi connectivity index (χ4v) is 7.40. The van der Waals surface area contributed by atoms with Crippen molar-refractivity contribution >= 4 is 35.0 Å². The average Bonchev–Trinajstić information content (AvgIpc) is 3.97. The van der Waals surface area contributed by atoms with E-state index in [1.807, 2.05) is 67.8 Å². The van der Waals surface area contributed by atoms with Gasteiger partial charge in [0.05, 0.1) is 55.1 Å². The second-order valence-electron chi connectivity index (χ2n) is 14.2. The first kappa shape index (κ1) is 36.4. The van der Waals surface area contributed by atoms with Crippen LogP contribution in [-0.4, -0.2) is 93.1 Å². The number of carbonyl (C=O) groups is 4. The Morgan fingerprint density at radius 3 is 1.98 bits per heavy atom. The Balaban J connectivity index is 1.24. The van der Waals surface area contributed by atoms with E-state index in [1.165, 1.54) is 14.2 Å². The van der Waals surface area contributed by atoms with Crippen LogP contribution in [0.2, 0.25) is 0 Å². The number of methoxy groups -OCH3 is 2. The number of hydrogen-bond donors (Lipinski definition) is 4. The third-order valence-corrected chi connectivity index (χ3v) is 10.1. The molecule has 4 heterocycles. The van der Waals surface area contributed by atoms with Crippen molar-refractivity contribution in [1.82, 2.24) is 40.4 Å². The normalized spacial score (nSPS) is 18.5. The number of nitrogens with zero attached hydrogens (tertiary/aromatic N) is 4. The topological polar surface area (TPSA) is 175 Å². The van der Waals surface area contributed by atoms with E-state index >= 15 is 0 Å². The third-order valence-electron chi connectivity index (χ3n) is 10.1. The molecule has 14 heteroatoms. The van der Waals surface area contributed by atoms with Gasteiger partial charge in [-0.2, -0.15) is 0 Å². The fourth-order valence-electron chi connectivity index (χ4n) is 7.40. The number of nitrogens with one attached hydrogen (secondary N) is 4. The lowest BCUT2D eigenvalue weighted by Crippen LogP contribution is -2.51. The van der Waals surface area contributed by atoms with Crippen molar-refractivity contribution < 1.29 is 28.7 Å². The van der Waals surface area contributed by atoms with Crippen LogP contribution in [0.3, 0.4) is 0 Å². The molecule has 4 amide bonds. The highest BCUT2D eigenvalue weighted by Crippen LogP contribution is 2.38. The Kier molecular flexibility index (Phi) is 10.8. The smallest absolute Gasteiger partial charge is 0.407 e. The molecule has 2 aromatic carbocycles. The number of imidazole rings is 2. The van der Waals surface area contributed by atoms with Crippen LogP contribution in [0.4, 0.5) is 9.59 Å². The molecule has 2 aromatic heterocycles. The second kappa shape index (κ2) is 15.5. The van der Waals surface area contributed by atoms with Gasteiger partial charge in [-0.15, -0.1) is 0 Å². The molecule has 4 aromatic rings. The zero-order valence-electron chi connectivity index (χ0n) is 30.6. The Morgan fingerprint density at radius 2 is 1.37 bits per heavy atom. The first-order chi connectivity index (χ1) is 25.0. The zero-order chi connectivity index (χ0) is 37.1. The molecule has 276 valence electrons. The van der Waals surface area contributed by atoms with E-state index in [0.29, 0.717) is 18.9 Å². The van der Waals surface area contributed by atoms with Crippen LogP contribution in [0.15, 0.2) is 48.8 Å². The minimum Gasteiger partial charge on any atom is -0.453 e. The standard InChI is InChI=1S/C38H48N8O6/c1-21(2)30(43-37(49)51-5)35(47)45-16-8-12-28(45)33-32(39-20-40-33)25-11-7-10-23(18-25)24-14-15-26-27(19-24)42-34(41-26)29-13-9-17-46(29)36(48)31(22(3)4)44-38(50)52-6/h7,10-11,14-15,18-22,28-31H,8-9,12-13,16-17H2,1-6H3,(H,39,40)(H,41,42)(H,43,49)(H,44,50)/t28-,29-,30-,31-/m0/s1. The molecule has 2 fully saturated rings. The van der Waals surface area contributed by atoms with E-state index in [1.54, 1.807) is 6.33 Å². The maximum atomic E-state index is 13.8. The number of alkyl carbamates (subject to hydrolysis) is 2. The average molecular weight is 713 g/mol. The molecule has 0 spiro atoms. The van der Waals surface area contributed by atoms with Gasteiger partial charge in [-0.1, -0.05) is 52.0 Å². The van der Waals surface area contributed by atoms with Crippen molar-refractivity contribution in [2.24, 2.45) is 11.8 Å². The predicted molar refractivity (Wildman–Crippen MR) is 195 cm³/mol. The molecule has 0 bridgehead atoms. The fraction of sp³-hybridized carbons (Fsp3) is 0.474. The maximum absolute atomic E-state index is 13.8. The van der Waals surface area contributed by atoms with Gasteiger partial charge in [0.2, 0.25) is 11.8 Å². The van der Waals surface area contributed by atoms with Crippen LogP contribution in [0.5, 0.6) is 0 Å². The van der Waals surface area contributed by atoms with E-state index in [2.05, 4.69) is 32.7 Å². The van der Waals surface area contributed by atoms with Crippen LogP contribution in [0.1, 0.15) is 77.0 Å². The molecule has 2 saturated heterocycles. The summed E-state index contributed by atoms with van der Waals surface area (Å²) in [6.07, 6.45) is 3.58. The molecule has 0 aliphatic carbocycles. The van der Waals surface area contributed by atoms with E-state index < -0.39 is 24.3 Å². The van der Waals surface area contributed by atoms with E-state index in [0.717, 1.165) is 64.8 Å². The largest absolute Gasteiger partial charge is 0.453 e. The number of fused-ring (bicyclic) bond motifs is 1. The lowest BCUT2D eigenvalue weighted by Gasteiger charge is -2.30. The number of likely N-dealkylation sites (tertiary alicyclic amines) is 2. The summed E-state index contributed by atoms with van der Waals surface area (Å²) in [5.74, 6) is 0.166. The number of ether oxygens (including phenoxy) is 2. The lowest BCUT2D eigenvalue weighted by molar-refractivity contribution is -0.136. The number of amides is 4. The lowest BCUT2D eigenvalue weighted by atomic mass is 9.98. The highest BCUT2D eigenvalue weighted by atomic mass is 16.5. The molecular formula is C38H48N8O6. The SMILES string of the molecule is COC(=O)N[C@H](C(=O)N1CCC[C@H]1c1nc2ccc(-c3cccc(-c4[nH]cnc4[C@@H]4CCCN4C(=O)[C@@H](NC(=O)OC)C(C)C)c3)cc2[nH]1)C(C)C. The summed E-state index contributed by atoms with van der Waals surface area (Å²) in [7, 11) is 2.57. The first-order valence-electron chi connectivity index (χ1n) is 17.9.